The van der Waals surface area contributed by atoms with Crippen molar-refractivity contribution in [2.75, 3.05) is 6.61 Å². The molecule has 0 radical (unpaired) electrons. The molecule has 1 aliphatic carbocycles. The van der Waals surface area contributed by atoms with Gasteiger partial charge in [-0.25, -0.2) is 9.78 Å². The number of nitrogens with zero attached hydrogens (tertiary/aromatic N) is 2. The molecule has 142 valence electrons. The van der Waals surface area contributed by atoms with Gasteiger partial charge in [-0.2, -0.15) is 0 Å². The van der Waals surface area contributed by atoms with E-state index >= 15 is 0 Å². The van der Waals surface area contributed by atoms with E-state index in [1.165, 1.54) is 17.5 Å². The van der Waals surface area contributed by atoms with Crippen LogP contribution in [0.5, 0.6) is 0 Å². The lowest BCUT2D eigenvalue weighted by molar-refractivity contribution is -0.119. The number of aromatic nitrogens is 2. The molecule has 2 aromatic heterocycles. The number of aryl methyl sites for hydroxylation is 1. The Morgan fingerprint density at radius 1 is 1.38 bits per heavy atom. The summed E-state index contributed by atoms with van der Waals surface area (Å²) in [5.74, 6) is 0.0780. The zero-order chi connectivity index (χ0) is 19.1. The highest BCUT2D eigenvalue weighted by molar-refractivity contribution is 7.17. The molecule has 0 spiro atoms. The van der Waals surface area contributed by atoms with Crippen molar-refractivity contribution in [2.45, 2.75) is 60.4 Å². The predicted molar refractivity (Wildman–Crippen MR) is 102 cm³/mol. The summed E-state index contributed by atoms with van der Waals surface area (Å²) >= 11 is 1.66. The van der Waals surface area contributed by atoms with Crippen LogP contribution in [-0.4, -0.2) is 27.9 Å². The van der Waals surface area contributed by atoms with Gasteiger partial charge >= 0.3 is 5.97 Å². The molecular weight excluding hydrogens is 350 g/mol. The highest BCUT2D eigenvalue weighted by Crippen LogP contribution is 2.41. The van der Waals surface area contributed by atoms with Crippen LogP contribution in [-0.2, 0) is 28.9 Å². The summed E-state index contributed by atoms with van der Waals surface area (Å²) in [4.78, 5) is 30.4. The Kier molecular flexibility index (Phi) is 5.10. The van der Waals surface area contributed by atoms with E-state index < -0.39 is 5.97 Å². The summed E-state index contributed by atoms with van der Waals surface area (Å²) in [5.41, 5.74) is 2.54. The van der Waals surface area contributed by atoms with Crippen LogP contribution in [0.2, 0.25) is 0 Å². The number of rotatable bonds is 4. The van der Waals surface area contributed by atoms with Crippen molar-refractivity contribution in [2.24, 2.45) is 11.3 Å². The van der Waals surface area contributed by atoms with Gasteiger partial charge in [0.15, 0.2) is 10.7 Å². The number of hydrogen-bond acceptors (Lipinski definition) is 5. The normalized spacial score (nSPS) is 17.2. The fourth-order valence-electron chi connectivity index (χ4n) is 3.59. The maximum Gasteiger partial charge on any atom is 0.358 e. The van der Waals surface area contributed by atoms with Gasteiger partial charge in [0.05, 0.1) is 18.8 Å². The molecule has 0 saturated carbocycles. The first-order chi connectivity index (χ1) is 12.2. The number of nitrogens with one attached hydrogen (secondary N) is 1. The molecule has 0 bridgehead atoms. The maximum absolute atomic E-state index is 12.3. The standard InChI is InChI=1S/C19H27N3O3S/c1-6-25-17(24)16-14(10-20-11(2)23)22-13-8-7-12(19(3,4)5)9-15(13)26-18(22)21-16/h12H,6-10H2,1-5H3,(H,20,23). The van der Waals surface area contributed by atoms with Gasteiger partial charge in [-0.1, -0.05) is 20.8 Å². The average molecular weight is 378 g/mol. The van der Waals surface area contributed by atoms with Gasteiger partial charge in [-0.05, 0) is 37.5 Å². The quantitative estimate of drug-likeness (QED) is 0.829. The third kappa shape index (κ3) is 3.49. The van der Waals surface area contributed by atoms with E-state index in [1.807, 2.05) is 0 Å². The third-order valence-corrected chi connectivity index (χ3v) is 6.21. The topological polar surface area (TPSA) is 72.7 Å². The highest BCUT2D eigenvalue weighted by atomic mass is 32.1. The first kappa shape index (κ1) is 18.9. The third-order valence-electron chi connectivity index (χ3n) is 5.11. The molecule has 1 amide bonds. The molecule has 0 aliphatic heterocycles. The number of amides is 1. The second-order valence-corrected chi connectivity index (χ2v) is 9.00. The lowest BCUT2D eigenvalue weighted by atomic mass is 9.73. The molecule has 1 atom stereocenters. The molecule has 6 nitrogen and oxygen atoms in total. The van der Waals surface area contributed by atoms with Crippen LogP contribution >= 0.6 is 11.3 Å². The molecule has 1 N–H and O–H groups in total. The van der Waals surface area contributed by atoms with E-state index in [0.717, 1.165) is 29.9 Å². The molecule has 0 aromatic carbocycles. The number of carbonyl (C=O) groups excluding carboxylic acids is 2. The van der Waals surface area contributed by atoms with E-state index in [2.05, 4.69) is 35.5 Å². The van der Waals surface area contributed by atoms with Gasteiger partial charge in [0.1, 0.15) is 0 Å². The van der Waals surface area contributed by atoms with Crippen LogP contribution in [0.15, 0.2) is 0 Å². The van der Waals surface area contributed by atoms with Crippen molar-refractivity contribution >= 4 is 28.2 Å². The average Bonchev–Trinajstić information content (AvgIpc) is 3.07. The number of imidazole rings is 1. The van der Waals surface area contributed by atoms with E-state index in [9.17, 15) is 9.59 Å². The second kappa shape index (κ2) is 7.02. The van der Waals surface area contributed by atoms with Crippen LogP contribution in [0.3, 0.4) is 0 Å². The van der Waals surface area contributed by atoms with Gasteiger partial charge in [0, 0.05) is 17.5 Å². The summed E-state index contributed by atoms with van der Waals surface area (Å²) < 4.78 is 7.23. The van der Waals surface area contributed by atoms with Crippen molar-refractivity contribution in [3.63, 3.8) is 0 Å². The summed E-state index contributed by atoms with van der Waals surface area (Å²) in [6.45, 7) is 10.7. The fourth-order valence-corrected chi connectivity index (χ4v) is 4.86. The van der Waals surface area contributed by atoms with Crippen molar-refractivity contribution in [3.05, 3.63) is 22.0 Å². The Morgan fingerprint density at radius 2 is 2.12 bits per heavy atom. The van der Waals surface area contributed by atoms with Crippen LogP contribution < -0.4 is 5.32 Å². The van der Waals surface area contributed by atoms with Crippen LogP contribution in [0, 0.1) is 11.3 Å². The van der Waals surface area contributed by atoms with Crippen LogP contribution in [0.1, 0.15) is 67.8 Å². The first-order valence-corrected chi connectivity index (χ1v) is 9.97. The minimum atomic E-state index is -0.430. The lowest BCUT2D eigenvalue weighted by Gasteiger charge is -2.33. The molecular formula is C19H27N3O3S. The molecule has 2 aromatic rings. The van der Waals surface area contributed by atoms with E-state index in [0.29, 0.717) is 18.2 Å². The Labute approximate surface area is 157 Å². The number of hydrogen-bond donors (Lipinski definition) is 1. The number of thiazole rings is 1. The number of fused-ring (bicyclic) bond motifs is 3. The Morgan fingerprint density at radius 3 is 2.73 bits per heavy atom. The number of carbonyl (C=O) groups is 2. The highest BCUT2D eigenvalue weighted by Gasteiger charge is 2.33. The van der Waals surface area contributed by atoms with Gasteiger partial charge < -0.3 is 10.1 Å². The van der Waals surface area contributed by atoms with Gasteiger partial charge in [0.2, 0.25) is 5.91 Å². The maximum atomic E-state index is 12.3. The summed E-state index contributed by atoms with van der Waals surface area (Å²) in [6, 6.07) is 0. The van der Waals surface area contributed by atoms with E-state index in [-0.39, 0.29) is 17.9 Å². The molecule has 1 aliphatic rings. The van der Waals surface area contributed by atoms with Crippen molar-refractivity contribution in [1.29, 1.82) is 0 Å². The van der Waals surface area contributed by atoms with E-state index in [4.69, 9.17) is 4.74 Å². The summed E-state index contributed by atoms with van der Waals surface area (Å²) in [5, 5.41) is 2.80. The molecule has 7 heteroatoms. The Balaban J connectivity index is 2.04. The molecule has 0 saturated heterocycles. The zero-order valence-electron chi connectivity index (χ0n) is 16.1. The van der Waals surface area contributed by atoms with Gasteiger partial charge in [0.25, 0.3) is 0 Å². The summed E-state index contributed by atoms with van der Waals surface area (Å²) in [7, 11) is 0. The Hall–Kier alpha value is -1.89. The minimum absolute atomic E-state index is 0.133. The second-order valence-electron chi connectivity index (χ2n) is 7.93. The largest absolute Gasteiger partial charge is 0.461 e. The van der Waals surface area contributed by atoms with Gasteiger partial charge in [-0.3, -0.25) is 9.20 Å². The first-order valence-electron chi connectivity index (χ1n) is 9.15. The summed E-state index contributed by atoms with van der Waals surface area (Å²) in [6.07, 6.45) is 3.12. The smallest absolute Gasteiger partial charge is 0.358 e. The van der Waals surface area contributed by atoms with Crippen molar-refractivity contribution in [3.8, 4) is 0 Å². The molecule has 2 heterocycles. The Bertz CT molecular complexity index is 844. The SMILES string of the molecule is CCOC(=O)c1nc2sc3c(n2c1CNC(C)=O)CCC(C(C)(C)C)C3. The van der Waals surface area contributed by atoms with Crippen LogP contribution in [0.4, 0.5) is 0 Å². The van der Waals surface area contributed by atoms with Gasteiger partial charge in [-0.15, -0.1) is 11.3 Å². The number of ether oxygens (including phenoxy) is 1. The molecule has 3 rings (SSSR count). The monoisotopic (exact) mass is 377 g/mol. The minimum Gasteiger partial charge on any atom is -0.461 e. The fraction of sp³-hybridized carbons (Fsp3) is 0.632. The molecule has 1 unspecified atom stereocenters. The number of esters is 1. The van der Waals surface area contributed by atoms with Crippen molar-refractivity contribution in [1.82, 2.24) is 14.7 Å². The van der Waals surface area contributed by atoms with Crippen LogP contribution in [0.25, 0.3) is 4.96 Å². The molecule has 26 heavy (non-hydrogen) atoms. The lowest BCUT2D eigenvalue weighted by Crippen LogP contribution is -2.27. The van der Waals surface area contributed by atoms with E-state index in [1.54, 1.807) is 18.3 Å². The molecule has 0 fully saturated rings. The zero-order valence-corrected chi connectivity index (χ0v) is 17.0. The van der Waals surface area contributed by atoms with Crippen molar-refractivity contribution < 1.29 is 14.3 Å². The predicted octanol–water partition coefficient (Wildman–Crippen LogP) is 3.36.